The third kappa shape index (κ3) is 3.92. The summed E-state index contributed by atoms with van der Waals surface area (Å²) in [6, 6.07) is 2.30. The van der Waals surface area contributed by atoms with Crippen LogP contribution >= 0.6 is 0 Å². The molecule has 1 aliphatic rings. The van der Waals surface area contributed by atoms with Crippen molar-refractivity contribution in [2.24, 2.45) is 11.8 Å². The van der Waals surface area contributed by atoms with Gasteiger partial charge in [0.1, 0.15) is 0 Å². The number of carboxylic acid groups (broad SMARTS) is 1. The van der Waals surface area contributed by atoms with E-state index in [9.17, 15) is 9.90 Å². The standard InChI is InChI=1S/C13H22N2O2/c1-13(2,3)15(12(16)17)9-11-6-4-10(8-14)5-7-11/h10-11H,4-7,9H2,1-3H3,(H,16,17)/t10-,11-. The Morgan fingerprint density at radius 1 is 1.35 bits per heavy atom. The molecule has 4 heteroatoms. The summed E-state index contributed by atoms with van der Waals surface area (Å²) in [5.74, 6) is 0.592. The molecule has 0 spiro atoms. The second-order valence-electron chi connectivity index (χ2n) is 5.91. The van der Waals surface area contributed by atoms with Crippen LogP contribution in [0.15, 0.2) is 0 Å². The lowest BCUT2D eigenvalue weighted by molar-refractivity contribution is 0.0815. The summed E-state index contributed by atoms with van der Waals surface area (Å²) < 4.78 is 0. The number of nitriles is 1. The van der Waals surface area contributed by atoms with Crippen molar-refractivity contribution in [1.29, 1.82) is 5.26 Å². The van der Waals surface area contributed by atoms with Gasteiger partial charge in [0, 0.05) is 18.0 Å². The molecule has 0 aliphatic heterocycles. The van der Waals surface area contributed by atoms with Crippen molar-refractivity contribution >= 4 is 6.09 Å². The van der Waals surface area contributed by atoms with Crippen LogP contribution < -0.4 is 0 Å². The van der Waals surface area contributed by atoms with E-state index < -0.39 is 6.09 Å². The van der Waals surface area contributed by atoms with E-state index in [1.165, 1.54) is 4.90 Å². The highest BCUT2D eigenvalue weighted by molar-refractivity contribution is 5.66. The molecular formula is C13H22N2O2. The molecule has 0 aromatic carbocycles. The van der Waals surface area contributed by atoms with Gasteiger partial charge >= 0.3 is 6.09 Å². The quantitative estimate of drug-likeness (QED) is 0.804. The molecule has 0 bridgehead atoms. The van der Waals surface area contributed by atoms with Crippen molar-refractivity contribution < 1.29 is 9.90 Å². The molecule has 1 amide bonds. The molecule has 0 unspecified atom stereocenters. The summed E-state index contributed by atoms with van der Waals surface area (Å²) in [5, 5.41) is 18.0. The first-order chi connectivity index (χ1) is 7.84. The maximum atomic E-state index is 11.2. The Labute approximate surface area is 103 Å². The van der Waals surface area contributed by atoms with Gasteiger partial charge in [0.2, 0.25) is 0 Å². The molecule has 0 saturated heterocycles. The second-order valence-corrected chi connectivity index (χ2v) is 5.91. The highest BCUT2D eigenvalue weighted by Gasteiger charge is 2.30. The largest absolute Gasteiger partial charge is 0.465 e. The Hall–Kier alpha value is -1.24. The van der Waals surface area contributed by atoms with Crippen molar-refractivity contribution in [3.8, 4) is 6.07 Å². The minimum Gasteiger partial charge on any atom is -0.465 e. The molecule has 0 aromatic heterocycles. The van der Waals surface area contributed by atoms with E-state index in [-0.39, 0.29) is 11.5 Å². The van der Waals surface area contributed by atoms with Gasteiger partial charge < -0.3 is 10.0 Å². The summed E-state index contributed by atoms with van der Waals surface area (Å²) in [6.45, 7) is 6.35. The predicted octanol–water partition coefficient (Wildman–Crippen LogP) is 3.09. The highest BCUT2D eigenvalue weighted by atomic mass is 16.4. The van der Waals surface area contributed by atoms with Gasteiger partial charge in [0.15, 0.2) is 0 Å². The summed E-state index contributed by atoms with van der Waals surface area (Å²) in [5.41, 5.74) is -0.349. The van der Waals surface area contributed by atoms with Crippen LogP contribution in [0.4, 0.5) is 4.79 Å². The molecule has 4 nitrogen and oxygen atoms in total. The number of nitrogens with zero attached hydrogens (tertiary/aromatic N) is 2. The van der Waals surface area contributed by atoms with E-state index in [1.807, 2.05) is 20.8 Å². The second kappa shape index (κ2) is 5.39. The topological polar surface area (TPSA) is 64.3 Å². The number of hydrogen-bond donors (Lipinski definition) is 1. The summed E-state index contributed by atoms with van der Waals surface area (Å²) in [4.78, 5) is 12.7. The Balaban J connectivity index is 2.53. The van der Waals surface area contributed by atoms with Crippen LogP contribution in [-0.4, -0.2) is 28.2 Å². The average Bonchev–Trinajstić information content (AvgIpc) is 2.24. The zero-order valence-corrected chi connectivity index (χ0v) is 10.9. The third-order valence-corrected chi connectivity index (χ3v) is 3.51. The fourth-order valence-electron chi connectivity index (χ4n) is 2.37. The first-order valence-corrected chi connectivity index (χ1v) is 6.24. The van der Waals surface area contributed by atoms with E-state index in [0.29, 0.717) is 12.5 Å². The molecule has 0 radical (unpaired) electrons. The van der Waals surface area contributed by atoms with Crippen LogP contribution in [0.1, 0.15) is 46.5 Å². The molecule has 1 N–H and O–H groups in total. The van der Waals surface area contributed by atoms with Gasteiger partial charge in [-0.25, -0.2) is 4.79 Å². The van der Waals surface area contributed by atoms with Crippen molar-refractivity contribution in [2.75, 3.05) is 6.54 Å². The van der Waals surface area contributed by atoms with Gasteiger partial charge in [-0.3, -0.25) is 0 Å². The molecule has 1 fully saturated rings. The highest BCUT2D eigenvalue weighted by Crippen LogP contribution is 2.30. The smallest absolute Gasteiger partial charge is 0.407 e. The minimum atomic E-state index is -0.847. The summed E-state index contributed by atoms with van der Waals surface area (Å²) >= 11 is 0. The van der Waals surface area contributed by atoms with Crippen LogP contribution in [0.25, 0.3) is 0 Å². The van der Waals surface area contributed by atoms with Crippen LogP contribution in [0.2, 0.25) is 0 Å². The average molecular weight is 238 g/mol. The van der Waals surface area contributed by atoms with Crippen molar-refractivity contribution in [1.82, 2.24) is 4.90 Å². The molecule has 1 rings (SSSR count). The van der Waals surface area contributed by atoms with E-state index >= 15 is 0 Å². The summed E-state index contributed by atoms with van der Waals surface area (Å²) in [6.07, 6.45) is 2.92. The SMILES string of the molecule is CC(C)(C)N(C[C@H]1CC[C@H](C#N)CC1)C(=O)O. The molecule has 1 aliphatic carbocycles. The fourth-order valence-corrected chi connectivity index (χ4v) is 2.37. The van der Waals surface area contributed by atoms with E-state index in [2.05, 4.69) is 6.07 Å². The lowest BCUT2D eigenvalue weighted by atomic mass is 9.82. The van der Waals surface area contributed by atoms with E-state index in [1.54, 1.807) is 0 Å². The van der Waals surface area contributed by atoms with Crippen LogP contribution in [0, 0.1) is 23.2 Å². The van der Waals surface area contributed by atoms with Gasteiger partial charge in [-0.15, -0.1) is 0 Å². The van der Waals surface area contributed by atoms with Gasteiger partial charge in [-0.2, -0.15) is 5.26 Å². The maximum absolute atomic E-state index is 11.2. The molecule has 0 atom stereocenters. The van der Waals surface area contributed by atoms with Gasteiger partial charge in [-0.1, -0.05) is 0 Å². The van der Waals surface area contributed by atoms with Crippen LogP contribution in [-0.2, 0) is 0 Å². The first kappa shape index (κ1) is 13.8. The molecule has 1 saturated carbocycles. The zero-order valence-electron chi connectivity index (χ0n) is 10.9. The number of carbonyl (C=O) groups is 1. The number of amides is 1. The van der Waals surface area contributed by atoms with Crippen molar-refractivity contribution in [3.05, 3.63) is 0 Å². The minimum absolute atomic E-state index is 0.180. The van der Waals surface area contributed by atoms with Crippen molar-refractivity contribution in [2.45, 2.75) is 52.0 Å². The van der Waals surface area contributed by atoms with Gasteiger partial charge in [0.05, 0.1) is 6.07 Å². The van der Waals surface area contributed by atoms with Crippen LogP contribution in [0.5, 0.6) is 0 Å². The molecule has 0 heterocycles. The Morgan fingerprint density at radius 2 is 1.88 bits per heavy atom. The Kier molecular flexibility index (Phi) is 4.39. The van der Waals surface area contributed by atoms with Gasteiger partial charge in [0.25, 0.3) is 0 Å². The number of rotatable bonds is 2. The zero-order chi connectivity index (χ0) is 13.1. The maximum Gasteiger partial charge on any atom is 0.407 e. The normalized spacial score (nSPS) is 25.1. The molecule has 0 aromatic rings. The van der Waals surface area contributed by atoms with Crippen molar-refractivity contribution in [3.63, 3.8) is 0 Å². The monoisotopic (exact) mass is 238 g/mol. The lowest BCUT2D eigenvalue weighted by Gasteiger charge is -2.37. The van der Waals surface area contributed by atoms with Gasteiger partial charge in [-0.05, 0) is 52.4 Å². The molecular weight excluding hydrogens is 216 g/mol. The predicted molar refractivity (Wildman–Crippen MR) is 65.5 cm³/mol. The fraction of sp³-hybridized carbons (Fsp3) is 0.846. The Bertz CT molecular complexity index is 306. The number of hydrogen-bond acceptors (Lipinski definition) is 2. The van der Waals surface area contributed by atoms with E-state index in [0.717, 1.165) is 25.7 Å². The first-order valence-electron chi connectivity index (χ1n) is 6.24. The Morgan fingerprint density at radius 3 is 2.24 bits per heavy atom. The van der Waals surface area contributed by atoms with E-state index in [4.69, 9.17) is 5.26 Å². The third-order valence-electron chi connectivity index (χ3n) is 3.51. The summed E-state index contributed by atoms with van der Waals surface area (Å²) in [7, 11) is 0. The molecule has 17 heavy (non-hydrogen) atoms. The molecule has 96 valence electrons. The van der Waals surface area contributed by atoms with Crippen LogP contribution in [0.3, 0.4) is 0 Å². The lowest BCUT2D eigenvalue weighted by Crippen LogP contribution is -2.47.